The van der Waals surface area contributed by atoms with E-state index in [2.05, 4.69) is 5.32 Å². The van der Waals surface area contributed by atoms with E-state index in [1.165, 1.54) is 6.07 Å². The molecular formula is C17H16N2O3S. The van der Waals surface area contributed by atoms with E-state index in [4.69, 9.17) is 4.42 Å². The Morgan fingerprint density at radius 3 is 2.83 bits per heavy atom. The van der Waals surface area contributed by atoms with Gasteiger partial charge in [-0.25, -0.2) is 9.59 Å². The maximum absolute atomic E-state index is 12.4. The summed E-state index contributed by atoms with van der Waals surface area (Å²) in [5.74, 6) is 0. The average molecular weight is 328 g/mol. The monoisotopic (exact) mass is 328 g/mol. The molecule has 0 aliphatic carbocycles. The normalized spacial score (nSPS) is 12.1. The lowest BCUT2D eigenvalue weighted by molar-refractivity contribution is 0.209. The highest BCUT2D eigenvalue weighted by molar-refractivity contribution is 7.10. The summed E-state index contributed by atoms with van der Waals surface area (Å²) in [7, 11) is 1.76. The third-order valence-corrected chi connectivity index (χ3v) is 4.77. The molecule has 0 saturated heterocycles. The molecule has 0 fully saturated rings. The van der Waals surface area contributed by atoms with E-state index in [9.17, 15) is 9.59 Å². The van der Waals surface area contributed by atoms with Gasteiger partial charge in [0, 0.05) is 29.1 Å². The fourth-order valence-electron chi connectivity index (χ4n) is 2.26. The molecule has 0 radical (unpaired) electrons. The Labute approximate surface area is 137 Å². The van der Waals surface area contributed by atoms with Crippen LogP contribution >= 0.6 is 11.3 Å². The van der Waals surface area contributed by atoms with Gasteiger partial charge in [-0.15, -0.1) is 11.3 Å². The average Bonchev–Trinajstić information content (AvgIpc) is 3.08. The molecule has 3 aromatic rings. The predicted molar refractivity (Wildman–Crippen MR) is 92.0 cm³/mol. The molecule has 3 rings (SSSR count). The molecule has 2 amide bonds. The fourth-order valence-corrected chi connectivity index (χ4v) is 3.08. The zero-order valence-corrected chi connectivity index (χ0v) is 13.6. The zero-order chi connectivity index (χ0) is 16.4. The van der Waals surface area contributed by atoms with Crippen molar-refractivity contribution in [2.75, 3.05) is 12.4 Å². The molecular weight excluding hydrogens is 312 g/mol. The van der Waals surface area contributed by atoms with Crippen LogP contribution in [0, 0.1) is 0 Å². The second-order valence-electron chi connectivity index (χ2n) is 5.24. The molecule has 0 bridgehead atoms. The Kier molecular flexibility index (Phi) is 4.16. The van der Waals surface area contributed by atoms with Gasteiger partial charge < -0.3 is 14.6 Å². The van der Waals surface area contributed by atoms with Crippen molar-refractivity contribution in [2.45, 2.75) is 13.0 Å². The molecule has 5 nitrogen and oxygen atoms in total. The summed E-state index contributed by atoms with van der Waals surface area (Å²) in [6.45, 7) is 1.99. The van der Waals surface area contributed by atoms with Gasteiger partial charge in [-0.3, -0.25) is 0 Å². The largest absolute Gasteiger partial charge is 0.423 e. The molecule has 0 unspecified atom stereocenters. The van der Waals surface area contributed by atoms with Gasteiger partial charge in [0.1, 0.15) is 5.58 Å². The first-order chi connectivity index (χ1) is 11.0. The molecule has 0 aliphatic heterocycles. The van der Waals surface area contributed by atoms with Gasteiger partial charge in [-0.1, -0.05) is 6.07 Å². The zero-order valence-electron chi connectivity index (χ0n) is 12.8. The van der Waals surface area contributed by atoms with E-state index in [1.807, 2.05) is 24.4 Å². The molecule has 2 heterocycles. The number of rotatable bonds is 3. The highest BCUT2D eigenvalue weighted by Gasteiger charge is 2.18. The van der Waals surface area contributed by atoms with E-state index < -0.39 is 5.63 Å². The van der Waals surface area contributed by atoms with Crippen LogP contribution in [0.2, 0.25) is 0 Å². The highest BCUT2D eigenvalue weighted by atomic mass is 32.1. The Bertz CT molecular complexity index is 886. The maximum Gasteiger partial charge on any atom is 0.336 e. The lowest BCUT2D eigenvalue weighted by Crippen LogP contribution is -2.33. The third-order valence-electron chi connectivity index (χ3n) is 3.73. The summed E-state index contributed by atoms with van der Waals surface area (Å²) in [5.41, 5.74) is 0.760. The Morgan fingerprint density at radius 2 is 2.09 bits per heavy atom. The number of amides is 2. The summed E-state index contributed by atoms with van der Waals surface area (Å²) >= 11 is 1.62. The number of hydrogen-bond donors (Lipinski definition) is 1. The minimum absolute atomic E-state index is 0.00604. The molecule has 0 aliphatic rings. The van der Waals surface area contributed by atoms with Crippen LogP contribution in [-0.2, 0) is 0 Å². The first kappa shape index (κ1) is 15.3. The lowest BCUT2D eigenvalue weighted by atomic mass is 10.2. The van der Waals surface area contributed by atoms with Crippen molar-refractivity contribution < 1.29 is 9.21 Å². The molecule has 23 heavy (non-hydrogen) atoms. The van der Waals surface area contributed by atoms with Gasteiger partial charge in [-0.2, -0.15) is 0 Å². The highest BCUT2D eigenvalue weighted by Crippen LogP contribution is 2.24. The molecule has 0 spiro atoms. The second-order valence-corrected chi connectivity index (χ2v) is 6.22. The summed E-state index contributed by atoms with van der Waals surface area (Å²) in [6, 6.07) is 12.0. The van der Waals surface area contributed by atoms with Gasteiger partial charge in [0.05, 0.1) is 6.04 Å². The number of carbonyl (C=O) groups excluding carboxylic acids is 1. The Morgan fingerprint density at radius 1 is 1.26 bits per heavy atom. The summed E-state index contributed by atoms with van der Waals surface area (Å²) in [5, 5.41) is 5.62. The first-order valence-electron chi connectivity index (χ1n) is 7.16. The molecule has 0 saturated carbocycles. The van der Waals surface area contributed by atoms with Gasteiger partial charge in [0.25, 0.3) is 0 Å². The van der Waals surface area contributed by atoms with Gasteiger partial charge in [-0.05, 0) is 42.6 Å². The van der Waals surface area contributed by atoms with E-state index in [0.29, 0.717) is 11.3 Å². The van der Waals surface area contributed by atoms with Crippen LogP contribution in [0.5, 0.6) is 0 Å². The van der Waals surface area contributed by atoms with Crippen molar-refractivity contribution in [3.8, 4) is 0 Å². The third kappa shape index (κ3) is 3.27. The van der Waals surface area contributed by atoms with Gasteiger partial charge in [0.15, 0.2) is 0 Å². The van der Waals surface area contributed by atoms with Crippen molar-refractivity contribution in [3.63, 3.8) is 0 Å². The van der Waals surface area contributed by atoms with Crippen molar-refractivity contribution in [1.29, 1.82) is 0 Å². The molecule has 2 aromatic heterocycles. The van der Waals surface area contributed by atoms with Crippen LogP contribution < -0.4 is 10.9 Å². The van der Waals surface area contributed by atoms with Crippen LogP contribution in [0.15, 0.2) is 57.1 Å². The van der Waals surface area contributed by atoms with Crippen molar-refractivity contribution in [2.24, 2.45) is 0 Å². The summed E-state index contributed by atoms with van der Waals surface area (Å²) in [6.07, 6.45) is 0. The van der Waals surface area contributed by atoms with Crippen LogP contribution in [-0.4, -0.2) is 18.0 Å². The number of nitrogens with one attached hydrogen (secondary N) is 1. The smallest absolute Gasteiger partial charge is 0.336 e. The minimum atomic E-state index is -0.390. The van der Waals surface area contributed by atoms with Crippen LogP contribution in [0.3, 0.4) is 0 Å². The SMILES string of the molecule is C[C@@H](c1cccs1)N(C)C(=O)Nc1ccc2oc(=O)ccc2c1. The predicted octanol–water partition coefficient (Wildman–Crippen LogP) is 4.08. The van der Waals surface area contributed by atoms with Crippen LogP contribution in [0.1, 0.15) is 17.8 Å². The number of thiophene rings is 1. The van der Waals surface area contributed by atoms with Gasteiger partial charge >= 0.3 is 11.7 Å². The number of anilines is 1. The van der Waals surface area contributed by atoms with E-state index >= 15 is 0 Å². The number of carbonyl (C=O) groups is 1. The first-order valence-corrected chi connectivity index (χ1v) is 8.04. The lowest BCUT2D eigenvalue weighted by Gasteiger charge is -2.24. The number of urea groups is 1. The number of hydrogen-bond acceptors (Lipinski definition) is 4. The second kappa shape index (κ2) is 6.26. The minimum Gasteiger partial charge on any atom is -0.423 e. The molecule has 1 N–H and O–H groups in total. The van der Waals surface area contributed by atoms with Crippen molar-refractivity contribution in [3.05, 3.63) is 63.1 Å². The summed E-state index contributed by atoms with van der Waals surface area (Å²) < 4.78 is 5.08. The fraction of sp³-hybridized carbons (Fsp3) is 0.176. The number of benzene rings is 1. The molecule has 1 atom stereocenters. The van der Waals surface area contributed by atoms with E-state index in [-0.39, 0.29) is 12.1 Å². The van der Waals surface area contributed by atoms with Crippen LogP contribution in [0.25, 0.3) is 11.0 Å². The quantitative estimate of drug-likeness (QED) is 0.737. The van der Waals surface area contributed by atoms with Crippen molar-refractivity contribution >= 4 is 34.0 Å². The Balaban J connectivity index is 1.77. The molecule has 118 valence electrons. The number of nitrogens with zero attached hydrogens (tertiary/aromatic N) is 1. The van der Waals surface area contributed by atoms with E-state index in [1.54, 1.807) is 47.5 Å². The molecule has 6 heteroatoms. The number of fused-ring (bicyclic) bond motifs is 1. The Hall–Kier alpha value is -2.60. The topological polar surface area (TPSA) is 62.6 Å². The van der Waals surface area contributed by atoms with Crippen molar-refractivity contribution in [1.82, 2.24) is 4.90 Å². The summed E-state index contributed by atoms with van der Waals surface area (Å²) in [4.78, 5) is 26.3. The van der Waals surface area contributed by atoms with Gasteiger partial charge in [0.2, 0.25) is 0 Å². The maximum atomic E-state index is 12.4. The molecule has 1 aromatic carbocycles. The van der Waals surface area contributed by atoms with Crippen LogP contribution in [0.4, 0.5) is 10.5 Å². The van der Waals surface area contributed by atoms with E-state index in [0.717, 1.165) is 10.3 Å². The standard InChI is InChI=1S/C17H16N2O3S/c1-11(15-4-3-9-23-15)19(2)17(21)18-13-6-7-14-12(10-13)5-8-16(20)22-14/h3-11H,1-2H3,(H,18,21)/t11-/m0/s1.